The van der Waals surface area contributed by atoms with Crippen molar-refractivity contribution in [3.8, 4) is 0 Å². The van der Waals surface area contributed by atoms with E-state index in [0.29, 0.717) is 5.25 Å². The number of thioether (sulfide) groups is 1. The van der Waals surface area contributed by atoms with Gasteiger partial charge in [-0.1, -0.05) is 35.9 Å². The van der Waals surface area contributed by atoms with Crippen LogP contribution in [0.2, 0.25) is 5.02 Å². The number of rotatable bonds is 10. The fourth-order valence-electron chi connectivity index (χ4n) is 3.14. The molecule has 152 valence electrons. The highest BCUT2D eigenvalue weighted by Crippen LogP contribution is 2.22. The summed E-state index contributed by atoms with van der Waals surface area (Å²) in [6.45, 7) is 2.48. The van der Waals surface area contributed by atoms with Crippen molar-refractivity contribution in [3.63, 3.8) is 0 Å². The van der Waals surface area contributed by atoms with Crippen LogP contribution in [0, 0.1) is 0 Å². The van der Waals surface area contributed by atoms with Crippen molar-refractivity contribution in [2.24, 2.45) is 0 Å². The van der Waals surface area contributed by atoms with Gasteiger partial charge in [-0.2, -0.15) is 11.8 Å². The molecule has 4 nitrogen and oxygen atoms in total. The molecule has 1 amide bonds. The van der Waals surface area contributed by atoms with Gasteiger partial charge in [-0.25, -0.2) is 4.98 Å². The van der Waals surface area contributed by atoms with Gasteiger partial charge in [0.05, 0.1) is 6.33 Å². The van der Waals surface area contributed by atoms with E-state index in [0.717, 1.165) is 42.3 Å². The number of benzene rings is 2. The van der Waals surface area contributed by atoms with E-state index >= 15 is 0 Å². The smallest absolute Gasteiger partial charge is 0.221 e. The van der Waals surface area contributed by atoms with Crippen LogP contribution in [0.1, 0.15) is 24.5 Å². The van der Waals surface area contributed by atoms with Crippen LogP contribution < -0.4 is 5.32 Å². The normalized spacial score (nSPS) is 11.9. The molecule has 0 spiro atoms. The molecule has 1 unspecified atom stereocenters. The van der Waals surface area contributed by atoms with Crippen molar-refractivity contribution in [3.05, 3.63) is 83.4 Å². The molecule has 3 aromatic rings. The van der Waals surface area contributed by atoms with E-state index in [2.05, 4.69) is 39.1 Å². The van der Waals surface area contributed by atoms with Crippen LogP contribution in [-0.4, -0.2) is 26.5 Å². The molecule has 6 heteroatoms. The lowest BCUT2D eigenvalue weighted by Crippen LogP contribution is -2.14. The molecule has 1 N–H and O–H groups in total. The summed E-state index contributed by atoms with van der Waals surface area (Å²) in [5.41, 5.74) is 3.44. The molecule has 1 aromatic heterocycles. The van der Waals surface area contributed by atoms with Crippen LogP contribution in [0.3, 0.4) is 0 Å². The summed E-state index contributed by atoms with van der Waals surface area (Å²) >= 11 is 8.00. The Bertz CT molecular complexity index is 880. The summed E-state index contributed by atoms with van der Waals surface area (Å²) in [6, 6.07) is 16.2. The summed E-state index contributed by atoms with van der Waals surface area (Å²) < 4.78 is 2.15. The van der Waals surface area contributed by atoms with Gasteiger partial charge >= 0.3 is 0 Å². The van der Waals surface area contributed by atoms with Crippen molar-refractivity contribution in [2.75, 3.05) is 11.1 Å². The van der Waals surface area contributed by atoms with Gasteiger partial charge in [0.1, 0.15) is 0 Å². The highest BCUT2D eigenvalue weighted by Gasteiger charge is 2.11. The third-order valence-electron chi connectivity index (χ3n) is 4.66. The fourth-order valence-corrected chi connectivity index (χ4v) is 4.51. The quantitative estimate of drug-likeness (QED) is 0.466. The van der Waals surface area contributed by atoms with Gasteiger partial charge in [-0.15, -0.1) is 0 Å². The van der Waals surface area contributed by atoms with Gasteiger partial charge in [-0.3, -0.25) is 4.79 Å². The largest absolute Gasteiger partial charge is 0.336 e. The molecule has 2 aromatic carbocycles. The number of carbonyl (C=O) groups is 1. The molecule has 0 aliphatic carbocycles. The first-order valence-electron chi connectivity index (χ1n) is 9.77. The number of imidazole rings is 1. The van der Waals surface area contributed by atoms with Crippen LogP contribution >= 0.6 is 23.4 Å². The zero-order valence-corrected chi connectivity index (χ0v) is 18.1. The molecular formula is C23H26ClN3OS. The Labute approximate surface area is 181 Å². The number of nitrogens with one attached hydrogen (secondary N) is 1. The second-order valence-electron chi connectivity index (χ2n) is 7.05. The highest BCUT2D eigenvalue weighted by molar-refractivity contribution is 7.99. The number of aryl methyl sites for hydroxylation is 2. The second kappa shape index (κ2) is 11.1. The molecule has 0 aliphatic heterocycles. The van der Waals surface area contributed by atoms with Gasteiger partial charge < -0.3 is 9.88 Å². The maximum Gasteiger partial charge on any atom is 0.221 e. The van der Waals surface area contributed by atoms with E-state index in [1.165, 1.54) is 18.1 Å². The first-order valence-corrected chi connectivity index (χ1v) is 11.2. The van der Waals surface area contributed by atoms with Crippen molar-refractivity contribution >= 4 is 35.0 Å². The Morgan fingerprint density at radius 1 is 1.10 bits per heavy atom. The molecule has 1 heterocycles. The van der Waals surface area contributed by atoms with Crippen LogP contribution in [0.4, 0.5) is 5.69 Å². The summed E-state index contributed by atoms with van der Waals surface area (Å²) in [5, 5.41) is 4.10. The van der Waals surface area contributed by atoms with Gasteiger partial charge in [0.25, 0.3) is 0 Å². The van der Waals surface area contributed by atoms with Crippen molar-refractivity contribution in [2.45, 2.75) is 38.0 Å². The molecule has 1 atom stereocenters. The average molecular weight is 428 g/mol. The standard InChI is InChI=1S/C23H26ClN3OS/c1-18(28)26-22-9-4-20(5-10-22)12-15-29-23(16-27-14-13-25-17-27)11-6-19-2-7-21(24)8-3-19/h2-5,7-10,13-14,17,23H,6,11-12,15-16H2,1H3,(H,26,28). The fraction of sp³-hybridized carbons (Fsp3) is 0.304. The molecule has 0 bridgehead atoms. The van der Waals surface area contributed by atoms with Crippen LogP contribution in [-0.2, 0) is 24.2 Å². The summed E-state index contributed by atoms with van der Waals surface area (Å²) in [6.07, 6.45) is 8.89. The van der Waals surface area contributed by atoms with Gasteiger partial charge in [-0.05, 0) is 60.4 Å². The lowest BCUT2D eigenvalue weighted by atomic mass is 10.1. The Morgan fingerprint density at radius 3 is 2.45 bits per heavy atom. The third kappa shape index (κ3) is 7.59. The van der Waals surface area contributed by atoms with Crippen molar-refractivity contribution in [1.82, 2.24) is 9.55 Å². The summed E-state index contributed by atoms with van der Waals surface area (Å²) in [5.74, 6) is 1.01. The van der Waals surface area contributed by atoms with E-state index in [1.54, 1.807) is 0 Å². The number of hydrogen-bond acceptors (Lipinski definition) is 3. The van der Waals surface area contributed by atoms with Crippen molar-refractivity contribution in [1.29, 1.82) is 0 Å². The second-order valence-corrected chi connectivity index (χ2v) is 8.89. The minimum absolute atomic E-state index is 0.0451. The molecule has 0 saturated carbocycles. The van der Waals surface area contributed by atoms with Gasteiger partial charge in [0.15, 0.2) is 0 Å². The van der Waals surface area contributed by atoms with E-state index in [1.807, 2.05) is 54.7 Å². The Morgan fingerprint density at radius 2 is 1.79 bits per heavy atom. The summed E-state index contributed by atoms with van der Waals surface area (Å²) in [4.78, 5) is 15.3. The lowest BCUT2D eigenvalue weighted by molar-refractivity contribution is -0.114. The monoisotopic (exact) mass is 427 g/mol. The zero-order valence-electron chi connectivity index (χ0n) is 16.6. The number of nitrogens with zero attached hydrogens (tertiary/aromatic N) is 2. The number of carbonyl (C=O) groups excluding carboxylic acids is 1. The van der Waals surface area contributed by atoms with E-state index in [9.17, 15) is 4.79 Å². The number of aromatic nitrogens is 2. The van der Waals surface area contributed by atoms with E-state index < -0.39 is 0 Å². The number of halogens is 1. The molecular weight excluding hydrogens is 402 g/mol. The molecule has 29 heavy (non-hydrogen) atoms. The molecule has 3 rings (SSSR count). The topological polar surface area (TPSA) is 46.9 Å². The summed E-state index contributed by atoms with van der Waals surface area (Å²) in [7, 11) is 0. The highest BCUT2D eigenvalue weighted by atomic mass is 35.5. The predicted molar refractivity (Wildman–Crippen MR) is 123 cm³/mol. The average Bonchev–Trinajstić information content (AvgIpc) is 3.21. The Balaban J connectivity index is 1.52. The molecule has 0 saturated heterocycles. The van der Waals surface area contributed by atoms with Crippen LogP contribution in [0.25, 0.3) is 0 Å². The Kier molecular flexibility index (Phi) is 8.20. The molecule has 0 radical (unpaired) electrons. The van der Waals surface area contributed by atoms with Crippen LogP contribution in [0.5, 0.6) is 0 Å². The van der Waals surface area contributed by atoms with Gasteiger partial charge in [0.2, 0.25) is 5.91 Å². The molecule has 0 fully saturated rings. The van der Waals surface area contributed by atoms with E-state index in [-0.39, 0.29) is 5.91 Å². The zero-order chi connectivity index (χ0) is 20.5. The first-order chi connectivity index (χ1) is 14.1. The number of anilines is 1. The predicted octanol–water partition coefficient (Wildman–Crippen LogP) is 5.47. The van der Waals surface area contributed by atoms with E-state index in [4.69, 9.17) is 11.6 Å². The Hall–Kier alpha value is -2.24. The maximum atomic E-state index is 11.1. The maximum absolute atomic E-state index is 11.1. The lowest BCUT2D eigenvalue weighted by Gasteiger charge is -2.17. The minimum Gasteiger partial charge on any atom is -0.336 e. The first kappa shape index (κ1) is 21.5. The number of amides is 1. The van der Waals surface area contributed by atoms with Crippen molar-refractivity contribution < 1.29 is 4.79 Å². The SMILES string of the molecule is CC(=O)Nc1ccc(CCSC(CCc2ccc(Cl)cc2)Cn2ccnc2)cc1. The van der Waals surface area contributed by atoms with Crippen LogP contribution in [0.15, 0.2) is 67.3 Å². The minimum atomic E-state index is -0.0451. The third-order valence-corrected chi connectivity index (χ3v) is 6.21. The van der Waals surface area contributed by atoms with Gasteiger partial charge in [0, 0.05) is 41.8 Å². The number of hydrogen-bond donors (Lipinski definition) is 1. The molecule has 0 aliphatic rings.